The number of halogens is 1. The number of hydrogen-bond donors (Lipinski definition) is 2. The smallest absolute Gasteiger partial charge is 0.335 e. The van der Waals surface area contributed by atoms with Crippen molar-refractivity contribution in [3.8, 4) is 0 Å². The number of carbonyl (C=O) groups excluding carboxylic acids is 1. The molecule has 0 heterocycles. The topological polar surface area (TPSA) is 66.4 Å². The van der Waals surface area contributed by atoms with Crippen LogP contribution < -0.4 is 5.32 Å². The van der Waals surface area contributed by atoms with Crippen molar-refractivity contribution >= 4 is 11.9 Å². The van der Waals surface area contributed by atoms with Gasteiger partial charge in [0.25, 0.3) is 5.91 Å². The highest BCUT2D eigenvalue weighted by atomic mass is 19.1. The first-order valence-corrected chi connectivity index (χ1v) is 6.34. The predicted octanol–water partition coefficient (Wildman–Crippen LogP) is 2.76. The van der Waals surface area contributed by atoms with Gasteiger partial charge in [-0.25, -0.2) is 9.18 Å². The van der Waals surface area contributed by atoms with Crippen LogP contribution in [0.25, 0.3) is 0 Å². The molecule has 108 valence electrons. The zero-order valence-corrected chi connectivity index (χ0v) is 11.4. The molecule has 0 unspecified atom stereocenters. The summed E-state index contributed by atoms with van der Waals surface area (Å²) >= 11 is 0. The van der Waals surface area contributed by atoms with Crippen LogP contribution in [0.2, 0.25) is 0 Å². The highest BCUT2D eigenvalue weighted by molar-refractivity contribution is 5.94. The van der Waals surface area contributed by atoms with Crippen LogP contribution in [0.3, 0.4) is 0 Å². The Bertz CT molecular complexity index is 698. The molecule has 0 saturated heterocycles. The lowest BCUT2D eigenvalue weighted by molar-refractivity contribution is 0.0696. The molecule has 0 radical (unpaired) electrons. The molecule has 0 aliphatic heterocycles. The number of carbonyl (C=O) groups is 2. The Kier molecular flexibility index (Phi) is 4.33. The minimum atomic E-state index is -1.02. The second kappa shape index (κ2) is 6.17. The molecule has 2 rings (SSSR count). The SMILES string of the molecule is Cc1ccc(C(=O)NCc2cccc(C(=O)O)c2)cc1F. The fourth-order valence-corrected chi connectivity index (χ4v) is 1.83. The van der Waals surface area contributed by atoms with E-state index < -0.39 is 17.7 Å². The lowest BCUT2D eigenvalue weighted by Gasteiger charge is -2.07. The molecular weight excluding hydrogens is 273 g/mol. The average Bonchev–Trinajstić information content (AvgIpc) is 2.48. The minimum Gasteiger partial charge on any atom is -0.478 e. The minimum absolute atomic E-state index is 0.156. The number of rotatable bonds is 4. The Labute approximate surface area is 121 Å². The van der Waals surface area contributed by atoms with Crippen molar-refractivity contribution in [2.45, 2.75) is 13.5 Å². The summed E-state index contributed by atoms with van der Waals surface area (Å²) in [6, 6.07) is 10.5. The first-order valence-electron chi connectivity index (χ1n) is 6.34. The maximum absolute atomic E-state index is 13.4. The van der Waals surface area contributed by atoms with E-state index in [0.717, 1.165) is 0 Å². The maximum atomic E-state index is 13.4. The lowest BCUT2D eigenvalue weighted by Crippen LogP contribution is -2.23. The Morgan fingerprint density at radius 1 is 1.14 bits per heavy atom. The van der Waals surface area contributed by atoms with Crippen LogP contribution in [-0.4, -0.2) is 17.0 Å². The number of hydrogen-bond acceptors (Lipinski definition) is 2. The standard InChI is InChI=1S/C16H14FNO3/c1-10-5-6-12(8-14(10)17)15(19)18-9-11-3-2-4-13(7-11)16(20)21/h2-8H,9H2,1H3,(H,18,19)(H,20,21). The van der Waals surface area contributed by atoms with Crippen LogP contribution in [0, 0.1) is 12.7 Å². The van der Waals surface area contributed by atoms with Crippen molar-refractivity contribution in [3.63, 3.8) is 0 Å². The molecule has 0 fully saturated rings. The van der Waals surface area contributed by atoms with Gasteiger partial charge in [0.15, 0.2) is 0 Å². The quantitative estimate of drug-likeness (QED) is 0.908. The largest absolute Gasteiger partial charge is 0.478 e. The van der Waals surface area contributed by atoms with E-state index in [1.54, 1.807) is 25.1 Å². The summed E-state index contributed by atoms with van der Waals surface area (Å²) in [5, 5.41) is 11.5. The second-order valence-electron chi connectivity index (χ2n) is 4.65. The Balaban J connectivity index is 2.05. The molecule has 0 spiro atoms. The van der Waals surface area contributed by atoms with Gasteiger partial charge in [-0.15, -0.1) is 0 Å². The number of carboxylic acids is 1. The number of aryl methyl sites for hydroxylation is 1. The number of amides is 1. The van der Waals surface area contributed by atoms with E-state index in [4.69, 9.17) is 5.11 Å². The van der Waals surface area contributed by atoms with E-state index in [1.165, 1.54) is 24.3 Å². The van der Waals surface area contributed by atoms with Gasteiger partial charge in [-0.2, -0.15) is 0 Å². The zero-order valence-electron chi connectivity index (χ0n) is 11.4. The van der Waals surface area contributed by atoms with Gasteiger partial charge in [-0.1, -0.05) is 18.2 Å². The second-order valence-corrected chi connectivity index (χ2v) is 4.65. The third-order valence-electron chi connectivity index (χ3n) is 3.06. The molecular formula is C16H14FNO3. The van der Waals surface area contributed by atoms with E-state index in [9.17, 15) is 14.0 Å². The van der Waals surface area contributed by atoms with Crippen molar-refractivity contribution in [2.75, 3.05) is 0 Å². The number of aromatic carboxylic acids is 1. The molecule has 0 atom stereocenters. The predicted molar refractivity (Wildman–Crippen MR) is 75.7 cm³/mol. The number of carboxylic acid groups (broad SMARTS) is 1. The van der Waals surface area contributed by atoms with Crippen molar-refractivity contribution in [1.29, 1.82) is 0 Å². The first-order chi connectivity index (χ1) is 9.97. The molecule has 1 amide bonds. The van der Waals surface area contributed by atoms with Gasteiger partial charge in [0.2, 0.25) is 0 Å². The molecule has 4 nitrogen and oxygen atoms in total. The molecule has 0 aliphatic rings. The van der Waals surface area contributed by atoms with Gasteiger partial charge in [0.1, 0.15) is 5.82 Å². The molecule has 21 heavy (non-hydrogen) atoms. The summed E-state index contributed by atoms with van der Waals surface area (Å²) < 4.78 is 13.4. The highest BCUT2D eigenvalue weighted by Gasteiger charge is 2.09. The summed E-state index contributed by atoms with van der Waals surface area (Å²) in [6.45, 7) is 1.80. The fraction of sp³-hybridized carbons (Fsp3) is 0.125. The van der Waals surface area contributed by atoms with Crippen molar-refractivity contribution in [3.05, 3.63) is 70.5 Å². The zero-order chi connectivity index (χ0) is 15.4. The maximum Gasteiger partial charge on any atom is 0.335 e. The summed E-state index contributed by atoms with van der Waals surface area (Å²) in [5.74, 6) is -1.87. The summed E-state index contributed by atoms with van der Waals surface area (Å²) in [5.41, 5.74) is 1.52. The van der Waals surface area contributed by atoms with Crippen LogP contribution in [-0.2, 0) is 6.54 Å². The molecule has 2 N–H and O–H groups in total. The molecule has 2 aromatic rings. The average molecular weight is 287 g/mol. The Hall–Kier alpha value is -2.69. The van der Waals surface area contributed by atoms with E-state index in [0.29, 0.717) is 11.1 Å². The van der Waals surface area contributed by atoms with Gasteiger partial charge in [-0.05, 0) is 42.3 Å². The van der Waals surface area contributed by atoms with E-state index in [-0.39, 0.29) is 17.7 Å². The fourth-order valence-electron chi connectivity index (χ4n) is 1.83. The molecule has 2 aromatic carbocycles. The number of benzene rings is 2. The molecule has 0 bridgehead atoms. The first kappa shape index (κ1) is 14.7. The van der Waals surface area contributed by atoms with Crippen molar-refractivity contribution in [2.24, 2.45) is 0 Å². The van der Waals surface area contributed by atoms with Gasteiger partial charge < -0.3 is 10.4 Å². The third-order valence-corrected chi connectivity index (χ3v) is 3.06. The third kappa shape index (κ3) is 3.66. The van der Waals surface area contributed by atoms with Gasteiger partial charge in [0, 0.05) is 12.1 Å². The van der Waals surface area contributed by atoms with E-state index in [1.807, 2.05) is 0 Å². The van der Waals surface area contributed by atoms with Gasteiger partial charge in [0.05, 0.1) is 5.56 Å². The molecule has 5 heteroatoms. The van der Waals surface area contributed by atoms with Crippen LogP contribution >= 0.6 is 0 Å². The van der Waals surface area contributed by atoms with Crippen LogP contribution in [0.4, 0.5) is 4.39 Å². The van der Waals surface area contributed by atoms with Crippen molar-refractivity contribution < 1.29 is 19.1 Å². The summed E-state index contributed by atoms with van der Waals surface area (Å²) in [7, 11) is 0. The Morgan fingerprint density at radius 3 is 2.57 bits per heavy atom. The molecule has 0 aromatic heterocycles. The van der Waals surface area contributed by atoms with Gasteiger partial charge in [-0.3, -0.25) is 4.79 Å². The van der Waals surface area contributed by atoms with E-state index >= 15 is 0 Å². The van der Waals surface area contributed by atoms with Crippen LogP contribution in [0.1, 0.15) is 31.8 Å². The molecule has 0 saturated carbocycles. The summed E-state index contributed by atoms with van der Waals surface area (Å²) in [6.07, 6.45) is 0. The normalized spacial score (nSPS) is 10.2. The van der Waals surface area contributed by atoms with Gasteiger partial charge >= 0.3 is 5.97 Å². The number of nitrogens with one attached hydrogen (secondary N) is 1. The van der Waals surface area contributed by atoms with E-state index in [2.05, 4.69) is 5.32 Å². The van der Waals surface area contributed by atoms with Crippen LogP contribution in [0.15, 0.2) is 42.5 Å². The van der Waals surface area contributed by atoms with Crippen molar-refractivity contribution in [1.82, 2.24) is 5.32 Å². The summed E-state index contributed by atoms with van der Waals surface area (Å²) in [4.78, 5) is 22.8. The van der Waals surface area contributed by atoms with Crippen LogP contribution in [0.5, 0.6) is 0 Å². The molecule has 0 aliphatic carbocycles. The Morgan fingerprint density at radius 2 is 1.90 bits per heavy atom. The highest BCUT2D eigenvalue weighted by Crippen LogP contribution is 2.10. The monoisotopic (exact) mass is 287 g/mol. The lowest BCUT2D eigenvalue weighted by atomic mass is 10.1.